The van der Waals surface area contributed by atoms with E-state index in [1.54, 1.807) is 0 Å². The maximum absolute atomic E-state index is 12.8. The summed E-state index contributed by atoms with van der Waals surface area (Å²) in [6, 6.07) is 31.7. The van der Waals surface area contributed by atoms with Crippen molar-refractivity contribution in [3.05, 3.63) is 126 Å². The van der Waals surface area contributed by atoms with Crippen molar-refractivity contribution in [3.63, 3.8) is 0 Å². The van der Waals surface area contributed by atoms with E-state index in [4.69, 9.17) is 0 Å². The molecule has 4 atom stereocenters. The molecule has 4 unspecified atom stereocenters. The van der Waals surface area contributed by atoms with Crippen molar-refractivity contribution in [1.82, 2.24) is 41.2 Å². The van der Waals surface area contributed by atoms with Gasteiger partial charge in [0.05, 0.1) is 11.8 Å². The lowest BCUT2D eigenvalue weighted by atomic mass is 9.83. The predicted molar refractivity (Wildman–Crippen MR) is 242 cm³/mol. The molecule has 6 aromatic rings. The Balaban J connectivity index is 0.814. The van der Waals surface area contributed by atoms with Gasteiger partial charge in [0.2, 0.25) is 0 Å². The van der Waals surface area contributed by atoms with Crippen molar-refractivity contribution in [2.45, 2.75) is 63.8 Å². The van der Waals surface area contributed by atoms with E-state index in [0.29, 0.717) is 50.3 Å². The van der Waals surface area contributed by atoms with Gasteiger partial charge in [0.15, 0.2) is 24.0 Å². The number of aromatic amines is 2. The van der Waals surface area contributed by atoms with Crippen molar-refractivity contribution in [3.8, 4) is 0 Å². The fourth-order valence-corrected chi connectivity index (χ4v) is 9.37. The molecule has 3 aromatic heterocycles. The first-order valence-corrected chi connectivity index (χ1v) is 22.5. The van der Waals surface area contributed by atoms with E-state index in [0.717, 1.165) is 81.3 Å². The van der Waals surface area contributed by atoms with Gasteiger partial charge in [-0.15, -0.1) is 20.4 Å². The van der Waals surface area contributed by atoms with E-state index in [1.165, 1.54) is 11.4 Å². The maximum atomic E-state index is 12.8. The molecule has 0 radical (unpaired) electrons. The number of hydrogen-bond acceptors (Lipinski definition) is 12. The molecule has 4 N–H and O–H groups in total. The minimum absolute atomic E-state index is 0.370. The van der Waals surface area contributed by atoms with Crippen LogP contribution in [0, 0.1) is 11.8 Å². The molecule has 0 saturated carbocycles. The summed E-state index contributed by atoms with van der Waals surface area (Å²) in [5, 5.41) is 49.8. The predicted octanol–water partition coefficient (Wildman–Crippen LogP) is 4.99. The molecule has 64 heavy (non-hydrogen) atoms. The molecule has 17 nitrogen and oxygen atoms in total. The molecule has 17 heteroatoms. The number of para-hydroxylation sites is 1. The van der Waals surface area contributed by atoms with E-state index in [-0.39, 0.29) is 5.92 Å². The van der Waals surface area contributed by atoms with E-state index < -0.39 is 29.7 Å². The molecule has 2 saturated heterocycles. The summed E-state index contributed by atoms with van der Waals surface area (Å²) in [6.07, 6.45) is 7.61. The third kappa shape index (κ3) is 10.8. The Bertz CT molecular complexity index is 2330. The van der Waals surface area contributed by atoms with Crippen LogP contribution in [0.15, 0.2) is 103 Å². The lowest BCUT2D eigenvalue weighted by Gasteiger charge is -2.37. The summed E-state index contributed by atoms with van der Waals surface area (Å²) in [5.41, 5.74) is 6.79. The fourth-order valence-electron chi connectivity index (χ4n) is 9.37. The number of nitrogens with zero attached hydrogens (tertiary/aromatic N) is 11. The molecule has 0 aliphatic carbocycles. The van der Waals surface area contributed by atoms with Crippen LogP contribution in [0.1, 0.15) is 67.2 Å². The van der Waals surface area contributed by atoms with Crippen LogP contribution in [0.25, 0.3) is 0 Å². The SMILES string of the molecule is CCCC(C(=O)O)C(Cc1ccc(N2CCN(c3cc[n+](CCCC(C(=O)O)C(Cc4ccc(N5CCN(c6ccccc6)CC5)cc4)c4nn[nH]n4)cc3)CC2)cc1)c1nn[nH]n1. The Morgan fingerprint density at radius 1 is 0.578 bits per heavy atom. The van der Waals surface area contributed by atoms with Gasteiger partial charge in [-0.1, -0.05) is 66.2 Å². The number of tetrazole rings is 2. The van der Waals surface area contributed by atoms with Gasteiger partial charge in [0, 0.05) is 105 Å². The van der Waals surface area contributed by atoms with Crippen molar-refractivity contribution >= 4 is 34.7 Å². The molecule has 334 valence electrons. The second-order valence-corrected chi connectivity index (χ2v) is 16.9. The zero-order valence-corrected chi connectivity index (χ0v) is 36.4. The lowest BCUT2D eigenvalue weighted by molar-refractivity contribution is -0.697. The number of benzene rings is 3. The molecular weight excluding hydrogens is 811 g/mol. The first kappa shape index (κ1) is 43.7. The average Bonchev–Trinajstić information content (AvgIpc) is 4.09. The topological polar surface area (TPSA) is 200 Å². The highest BCUT2D eigenvalue weighted by atomic mass is 16.4. The van der Waals surface area contributed by atoms with Gasteiger partial charge >= 0.3 is 11.9 Å². The van der Waals surface area contributed by atoms with E-state index >= 15 is 0 Å². The van der Waals surface area contributed by atoms with Crippen LogP contribution in [-0.2, 0) is 29.0 Å². The van der Waals surface area contributed by atoms with Crippen LogP contribution < -0.4 is 24.2 Å². The fraction of sp³-hybridized carbons (Fsp3) is 0.426. The zero-order chi connectivity index (χ0) is 44.3. The van der Waals surface area contributed by atoms with Crippen LogP contribution in [0.3, 0.4) is 0 Å². The number of H-pyrrole nitrogens is 2. The number of hydrogen-bond donors (Lipinski definition) is 4. The number of piperazine rings is 2. The molecule has 8 rings (SSSR count). The summed E-state index contributed by atoms with van der Waals surface area (Å²) >= 11 is 0. The summed E-state index contributed by atoms with van der Waals surface area (Å²) in [5.74, 6) is -2.92. The van der Waals surface area contributed by atoms with Crippen molar-refractivity contribution in [2.24, 2.45) is 11.8 Å². The molecule has 0 amide bonds. The smallest absolute Gasteiger partial charge is 0.307 e. The average molecular weight is 869 g/mol. The van der Waals surface area contributed by atoms with Crippen LogP contribution in [0.4, 0.5) is 22.7 Å². The van der Waals surface area contributed by atoms with Crippen LogP contribution in [0.2, 0.25) is 0 Å². The standard InChI is InChI=1S/C47H57N13O4/c1-2-7-40(46(61)62)42(44-48-52-53-49-44)32-34-11-15-38(16-12-34)59-28-30-60(31-29-59)39-19-22-56(23-20-39)21-6-10-41(47(63)64)43(45-50-54-55-51-45)33-35-13-17-37(18-14-35)58-26-24-57(25-27-58)36-8-4-3-5-9-36/h3-5,8-9,11-20,22-23,40-43H,2,6-7,10,21,24-33H2,1H3,(H3-,48,49,50,51,52,53,54,55,61,62,63,64)/p+1. The number of pyridine rings is 1. The molecule has 5 heterocycles. The molecule has 2 fully saturated rings. The van der Waals surface area contributed by atoms with Gasteiger partial charge in [-0.3, -0.25) is 9.59 Å². The summed E-state index contributed by atoms with van der Waals surface area (Å²) in [4.78, 5) is 34.5. The Labute approximate surface area is 373 Å². The third-order valence-electron chi connectivity index (χ3n) is 13.0. The van der Waals surface area contributed by atoms with E-state index in [1.807, 2.05) is 13.0 Å². The van der Waals surface area contributed by atoms with E-state index in [9.17, 15) is 19.8 Å². The van der Waals surface area contributed by atoms with Crippen molar-refractivity contribution in [2.75, 3.05) is 72.0 Å². The normalized spacial score (nSPS) is 16.3. The van der Waals surface area contributed by atoms with Crippen molar-refractivity contribution in [1.29, 1.82) is 0 Å². The molecular formula is C47H58N13O4+. The number of rotatable bonds is 20. The van der Waals surface area contributed by atoms with Gasteiger partial charge in [-0.2, -0.15) is 10.4 Å². The van der Waals surface area contributed by atoms with Gasteiger partial charge in [0.25, 0.3) is 0 Å². The third-order valence-corrected chi connectivity index (χ3v) is 13.0. The molecule has 3 aromatic carbocycles. The number of nitrogens with one attached hydrogen (secondary N) is 2. The number of aliphatic carboxylic acids is 2. The monoisotopic (exact) mass is 868 g/mol. The Kier molecular flexibility index (Phi) is 14.3. The van der Waals surface area contributed by atoms with Gasteiger partial charge in [-0.25, -0.2) is 4.57 Å². The van der Waals surface area contributed by atoms with Crippen LogP contribution >= 0.6 is 0 Å². The number of carbonyl (C=O) groups is 2. The quantitative estimate of drug-likeness (QED) is 0.0749. The summed E-state index contributed by atoms with van der Waals surface area (Å²) in [7, 11) is 0. The molecule has 0 bridgehead atoms. The zero-order valence-electron chi connectivity index (χ0n) is 36.4. The highest BCUT2D eigenvalue weighted by molar-refractivity contribution is 5.72. The number of carboxylic acids is 2. The number of anilines is 4. The van der Waals surface area contributed by atoms with Crippen LogP contribution in [-0.4, -0.2) is 116 Å². The highest BCUT2D eigenvalue weighted by Crippen LogP contribution is 2.33. The summed E-state index contributed by atoms with van der Waals surface area (Å²) < 4.78 is 2.12. The van der Waals surface area contributed by atoms with Gasteiger partial charge in [-0.05, 0) is 73.2 Å². The Hall–Kier alpha value is -6.91. The number of aromatic nitrogens is 9. The second-order valence-electron chi connectivity index (χ2n) is 16.9. The Morgan fingerprint density at radius 2 is 0.984 bits per heavy atom. The number of carboxylic acid groups (broad SMARTS) is 2. The summed E-state index contributed by atoms with van der Waals surface area (Å²) in [6.45, 7) is 9.92. The van der Waals surface area contributed by atoms with E-state index in [2.05, 4.69) is 163 Å². The minimum atomic E-state index is -0.858. The number of aryl methyl sites for hydroxylation is 1. The van der Waals surface area contributed by atoms with Gasteiger partial charge in [0.1, 0.15) is 6.54 Å². The molecule has 0 spiro atoms. The second kappa shape index (κ2) is 21.0. The lowest BCUT2D eigenvalue weighted by Crippen LogP contribution is -2.46. The minimum Gasteiger partial charge on any atom is -0.481 e. The molecule has 2 aliphatic rings. The first-order valence-electron chi connectivity index (χ1n) is 22.5. The molecule has 2 aliphatic heterocycles. The highest BCUT2D eigenvalue weighted by Gasteiger charge is 2.34. The first-order chi connectivity index (χ1) is 31.3. The van der Waals surface area contributed by atoms with Crippen molar-refractivity contribution < 1.29 is 24.4 Å². The maximum Gasteiger partial charge on any atom is 0.307 e. The van der Waals surface area contributed by atoms with Gasteiger partial charge < -0.3 is 29.8 Å². The van der Waals surface area contributed by atoms with Crippen LogP contribution in [0.5, 0.6) is 0 Å². The largest absolute Gasteiger partial charge is 0.481 e. The Morgan fingerprint density at radius 3 is 1.38 bits per heavy atom.